The fourth-order valence-corrected chi connectivity index (χ4v) is 2.36. The summed E-state index contributed by atoms with van der Waals surface area (Å²) in [6.45, 7) is 5.51. The Labute approximate surface area is 112 Å². The summed E-state index contributed by atoms with van der Waals surface area (Å²) >= 11 is 0. The molecular weight excluding hydrogens is 246 g/mol. The molecule has 1 saturated heterocycles. The van der Waals surface area contributed by atoms with E-state index in [9.17, 15) is 4.79 Å². The summed E-state index contributed by atoms with van der Waals surface area (Å²) in [4.78, 5) is 14.3. The molecule has 0 N–H and O–H groups in total. The number of hydrogen-bond donors (Lipinski definition) is 0. The van der Waals surface area contributed by atoms with Crippen LogP contribution in [0.2, 0.25) is 0 Å². The predicted molar refractivity (Wildman–Crippen MR) is 68.9 cm³/mol. The van der Waals surface area contributed by atoms with Gasteiger partial charge in [-0.05, 0) is 24.6 Å². The number of morpholine rings is 1. The van der Waals surface area contributed by atoms with Gasteiger partial charge in [-0.2, -0.15) is 0 Å². The van der Waals surface area contributed by atoms with Crippen LogP contribution in [-0.4, -0.2) is 50.3 Å². The molecule has 0 bridgehead atoms. The van der Waals surface area contributed by atoms with Gasteiger partial charge in [-0.25, -0.2) is 0 Å². The molecule has 0 saturated carbocycles. The van der Waals surface area contributed by atoms with E-state index in [0.29, 0.717) is 50.8 Å². The minimum atomic E-state index is 0.0396. The van der Waals surface area contributed by atoms with Gasteiger partial charge in [-0.15, -0.1) is 0 Å². The number of benzene rings is 1. The quantitative estimate of drug-likeness (QED) is 0.765. The molecule has 1 amide bonds. The minimum Gasteiger partial charge on any atom is -0.486 e. The Hall–Kier alpha value is -1.75. The standard InChI is InChI=1S/C14H17NO4/c1-10-8-12-13(19-7-6-18-12)9-11(10)14(16)15-2-4-17-5-3-15/h8-9H,2-7H2,1H3. The van der Waals surface area contributed by atoms with E-state index in [0.717, 1.165) is 11.3 Å². The van der Waals surface area contributed by atoms with E-state index in [1.165, 1.54) is 0 Å². The van der Waals surface area contributed by atoms with Crippen LogP contribution in [0.25, 0.3) is 0 Å². The highest BCUT2D eigenvalue weighted by molar-refractivity contribution is 5.96. The van der Waals surface area contributed by atoms with E-state index in [1.54, 1.807) is 6.07 Å². The molecule has 1 fully saturated rings. The fraction of sp³-hybridized carbons (Fsp3) is 0.500. The van der Waals surface area contributed by atoms with Crippen molar-refractivity contribution in [2.75, 3.05) is 39.5 Å². The van der Waals surface area contributed by atoms with Crippen LogP contribution in [0.15, 0.2) is 12.1 Å². The average molecular weight is 263 g/mol. The maximum atomic E-state index is 12.5. The third-order valence-electron chi connectivity index (χ3n) is 3.42. The van der Waals surface area contributed by atoms with Gasteiger partial charge in [-0.1, -0.05) is 0 Å². The molecule has 1 aromatic carbocycles. The van der Waals surface area contributed by atoms with Crippen molar-refractivity contribution in [1.29, 1.82) is 0 Å². The van der Waals surface area contributed by atoms with Crippen LogP contribution in [0.4, 0.5) is 0 Å². The van der Waals surface area contributed by atoms with Crippen molar-refractivity contribution in [1.82, 2.24) is 4.90 Å². The summed E-state index contributed by atoms with van der Waals surface area (Å²) in [5, 5.41) is 0. The van der Waals surface area contributed by atoms with Crippen molar-refractivity contribution in [3.05, 3.63) is 23.3 Å². The van der Waals surface area contributed by atoms with Gasteiger partial charge in [0.1, 0.15) is 13.2 Å². The fourth-order valence-electron chi connectivity index (χ4n) is 2.36. The van der Waals surface area contributed by atoms with E-state index in [-0.39, 0.29) is 5.91 Å². The van der Waals surface area contributed by atoms with E-state index >= 15 is 0 Å². The zero-order valence-electron chi connectivity index (χ0n) is 11.0. The first-order chi connectivity index (χ1) is 9.25. The molecule has 0 radical (unpaired) electrons. The van der Waals surface area contributed by atoms with Gasteiger partial charge in [0, 0.05) is 18.7 Å². The van der Waals surface area contributed by atoms with Crippen LogP contribution in [0.3, 0.4) is 0 Å². The second-order valence-electron chi connectivity index (χ2n) is 4.72. The molecular formula is C14H17NO4. The summed E-state index contributed by atoms with van der Waals surface area (Å²) in [5.74, 6) is 1.42. The summed E-state index contributed by atoms with van der Waals surface area (Å²) in [6, 6.07) is 3.67. The third-order valence-corrected chi connectivity index (χ3v) is 3.42. The zero-order chi connectivity index (χ0) is 13.2. The van der Waals surface area contributed by atoms with Crippen molar-refractivity contribution < 1.29 is 19.0 Å². The lowest BCUT2D eigenvalue weighted by molar-refractivity contribution is 0.0302. The number of carbonyl (C=O) groups is 1. The van der Waals surface area contributed by atoms with Gasteiger partial charge >= 0.3 is 0 Å². The largest absolute Gasteiger partial charge is 0.486 e. The van der Waals surface area contributed by atoms with E-state index in [4.69, 9.17) is 14.2 Å². The Morgan fingerprint density at radius 2 is 1.68 bits per heavy atom. The molecule has 2 aliphatic heterocycles. The molecule has 3 rings (SSSR count). The number of carbonyl (C=O) groups excluding carboxylic acids is 1. The Kier molecular flexibility index (Phi) is 3.29. The highest BCUT2D eigenvalue weighted by atomic mass is 16.6. The second kappa shape index (κ2) is 5.09. The minimum absolute atomic E-state index is 0.0396. The van der Waals surface area contributed by atoms with Crippen LogP contribution in [0.1, 0.15) is 15.9 Å². The van der Waals surface area contributed by atoms with E-state index < -0.39 is 0 Å². The van der Waals surface area contributed by atoms with Gasteiger partial charge in [0.15, 0.2) is 11.5 Å². The van der Waals surface area contributed by atoms with Crippen molar-refractivity contribution in [3.8, 4) is 11.5 Å². The number of nitrogens with zero attached hydrogens (tertiary/aromatic N) is 1. The van der Waals surface area contributed by atoms with Gasteiger partial charge in [0.2, 0.25) is 0 Å². The lowest BCUT2D eigenvalue weighted by Crippen LogP contribution is -2.41. The number of fused-ring (bicyclic) bond motifs is 1. The van der Waals surface area contributed by atoms with Crippen LogP contribution in [-0.2, 0) is 4.74 Å². The Balaban J connectivity index is 1.89. The van der Waals surface area contributed by atoms with E-state index in [1.807, 2.05) is 17.9 Å². The average Bonchev–Trinajstić information content (AvgIpc) is 2.47. The van der Waals surface area contributed by atoms with Crippen LogP contribution < -0.4 is 9.47 Å². The number of rotatable bonds is 1. The predicted octanol–water partition coefficient (Wildman–Crippen LogP) is 1.24. The maximum Gasteiger partial charge on any atom is 0.254 e. The number of hydrogen-bond acceptors (Lipinski definition) is 4. The molecule has 0 aliphatic carbocycles. The number of aryl methyl sites for hydroxylation is 1. The number of amides is 1. The lowest BCUT2D eigenvalue weighted by Gasteiger charge is -2.28. The smallest absolute Gasteiger partial charge is 0.254 e. The summed E-state index contributed by atoms with van der Waals surface area (Å²) in [6.07, 6.45) is 0. The molecule has 1 aromatic rings. The van der Waals surface area contributed by atoms with Gasteiger partial charge in [-0.3, -0.25) is 4.79 Å². The van der Waals surface area contributed by atoms with Gasteiger partial charge < -0.3 is 19.1 Å². The molecule has 2 aliphatic rings. The maximum absolute atomic E-state index is 12.5. The first-order valence-electron chi connectivity index (χ1n) is 6.53. The molecule has 5 nitrogen and oxygen atoms in total. The number of ether oxygens (including phenoxy) is 3. The highest BCUT2D eigenvalue weighted by Gasteiger charge is 2.23. The molecule has 0 atom stereocenters. The molecule has 0 spiro atoms. The Bertz CT molecular complexity index is 494. The molecule has 5 heteroatoms. The first kappa shape index (κ1) is 12.3. The van der Waals surface area contributed by atoms with Gasteiger partial charge in [0.25, 0.3) is 5.91 Å². The Morgan fingerprint density at radius 1 is 1.05 bits per heavy atom. The van der Waals surface area contributed by atoms with E-state index in [2.05, 4.69) is 0 Å². The van der Waals surface area contributed by atoms with Crippen molar-refractivity contribution in [2.45, 2.75) is 6.92 Å². The van der Waals surface area contributed by atoms with Crippen LogP contribution in [0.5, 0.6) is 11.5 Å². The topological polar surface area (TPSA) is 48.0 Å². The summed E-state index contributed by atoms with van der Waals surface area (Å²) in [5.41, 5.74) is 1.60. The second-order valence-corrected chi connectivity index (χ2v) is 4.72. The van der Waals surface area contributed by atoms with Crippen molar-refractivity contribution in [3.63, 3.8) is 0 Å². The third kappa shape index (κ3) is 2.38. The first-order valence-corrected chi connectivity index (χ1v) is 6.53. The molecule has 102 valence electrons. The summed E-state index contributed by atoms with van der Waals surface area (Å²) < 4.78 is 16.3. The van der Waals surface area contributed by atoms with Crippen molar-refractivity contribution >= 4 is 5.91 Å². The molecule has 19 heavy (non-hydrogen) atoms. The SMILES string of the molecule is Cc1cc2c(cc1C(=O)N1CCOCC1)OCCO2. The highest BCUT2D eigenvalue weighted by Crippen LogP contribution is 2.33. The van der Waals surface area contributed by atoms with Gasteiger partial charge in [0.05, 0.1) is 13.2 Å². The van der Waals surface area contributed by atoms with Crippen LogP contribution >= 0.6 is 0 Å². The molecule has 0 aromatic heterocycles. The summed E-state index contributed by atoms with van der Waals surface area (Å²) in [7, 11) is 0. The monoisotopic (exact) mass is 263 g/mol. The van der Waals surface area contributed by atoms with Crippen LogP contribution in [0, 0.1) is 6.92 Å². The normalized spacial score (nSPS) is 18.3. The molecule has 2 heterocycles. The Morgan fingerprint density at radius 3 is 2.37 bits per heavy atom. The lowest BCUT2D eigenvalue weighted by atomic mass is 10.1. The van der Waals surface area contributed by atoms with Crippen molar-refractivity contribution in [2.24, 2.45) is 0 Å². The molecule has 0 unspecified atom stereocenters. The zero-order valence-corrected chi connectivity index (χ0v) is 11.0.